The number of hydrogen-bond donors (Lipinski definition) is 2. The van der Waals surface area contributed by atoms with Crippen molar-refractivity contribution in [3.8, 4) is 0 Å². The van der Waals surface area contributed by atoms with Crippen molar-refractivity contribution in [2.75, 3.05) is 13.1 Å². The molecule has 1 aromatic carbocycles. The van der Waals surface area contributed by atoms with Crippen LogP contribution in [0.15, 0.2) is 42.6 Å². The van der Waals surface area contributed by atoms with E-state index >= 15 is 0 Å². The molecule has 0 spiro atoms. The largest absolute Gasteiger partial charge is 0.348 e. The summed E-state index contributed by atoms with van der Waals surface area (Å²) in [6.07, 6.45) is 4.28. The van der Waals surface area contributed by atoms with Gasteiger partial charge >= 0.3 is 0 Å². The number of quaternary nitrogens is 1. The first-order valence-electron chi connectivity index (χ1n) is 8.25. The zero-order valence-electron chi connectivity index (χ0n) is 13.0. The van der Waals surface area contributed by atoms with Crippen LogP contribution >= 0.6 is 0 Å². The van der Waals surface area contributed by atoms with Crippen LogP contribution in [0.5, 0.6) is 0 Å². The molecule has 2 aliphatic rings. The fraction of sp³-hybridized carbons (Fsp3) is 0.389. The number of aromatic nitrogens is 1. The molecule has 2 atom stereocenters. The van der Waals surface area contributed by atoms with Gasteiger partial charge in [-0.1, -0.05) is 0 Å². The van der Waals surface area contributed by atoms with Gasteiger partial charge in [0, 0.05) is 17.8 Å². The standard InChI is InChI=1S/C18H20FN3O/c19-14-5-3-13(4-6-14)18-16-2-1-9-21(16)10-11-22(18)12-17(23)20-15-7-8-15/h1-6,9,15,18H,7-8,10-12H2,(H,20,23)/p+1/t18-/m1/s1. The smallest absolute Gasteiger partial charge is 0.275 e. The quantitative estimate of drug-likeness (QED) is 0.864. The molecule has 0 radical (unpaired) electrons. The maximum absolute atomic E-state index is 13.3. The number of nitrogens with zero attached hydrogens (tertiary/aromatic N) is 1. The topological polar surface area (TPSA) is 38.5 Å². The van der Waals surface area contributed by atoms with Gasteiger partial charge in [-0.05, 0) is 49.2 Å². The molecule has 1 aliphatic heterocycles. The van der Waals surface area contributed by atoms with Gasteiger partial charge in [-0.15, -0.1) is 0 Å². The summed E-state index contributed by atoms with van der Waals surface area (Å²) >= 11 is 0. The molecule has 2 aromatic rings. The van der Waals surface area contributed by atoms with Crippen molar-refractivity contribution in [3.63, 3.8) is 0 Å². The van der Waals surface area contributed by atoms with Crippen molar-refractivity contribution in [2.45, 2.75) is 31.5 Å². The molecular formula is C18H21FN3O+. The summed E-state index contributed by atoms with van der Waals surface area (Å²) in [5.41, 5.74) is 2.25. The molecule has 2 N–H and O–H groups in total. The molecule has 5 heteroatoms. The summed E-state index contributed by atoms with van der Waals surface area (Å²) in [4.78, 5) is 13.5. The van der Waals surface area contributed by atoms with E-state index in [1.54, 1.807) is 0 Å². The van der Waals surface area contributed by atoms with Crippen molar-refractivity contribution in [1.82, 2.24) is 9.88 Å². The third-order valence-corrected chi connectivity index (χ3v) is 4.78. The van der Waals surface area contributed by atoms with Crippen molar-refractivity contribution in [2.24, 2.45) is 0 Å². The second-order valence-corrected chi connectivity index (χ2v) is 6.54. The zero-order chi connectivity index (χ0) is 15.8. The van der Waals surface area contributed by atoms with E-state index in [2.05, 4.69) is 22.1 Å². The Balaban J connectivity index is 1.61. The molecule has 23 heavy (non-hydrogen) atoms. The predicted octanol–water partition coefficient (Wildman–Crippen LogP) is 0.894. The van der Waals surface area contributed by atoms with Crippen LogP contribution in [0.4, 0.5) is 4.39 Å². The highest BCUT2D eigenvalue weighted by Crippen LogP contribution is 2.23. The van der Waals surface area contributed by atoms with Gasteiger partial charge in [0.1, 0.15) is 5.82 Å². The van der Waals surface area contributed by atoms with E-state index in [-0.39, 0.29) is 17.8 Å². The number of carbonyl (C=O) groups is 1. The summed E-state index contributed by atoms with van der Waals surface area (Å²) in [7, 11) is 0. The molecule has 2 heterocycles. The number of rotatable bonds is 4. The molecule has 4 nitrogen and oxygen atoms in total. The van der Waals surface area contributed by atoms with Gasteiger partial charge in [0.15, 0.2) is 12.6 Å². The number of nitrogens with one attached hydrogen (secondary N) is 2. The van der Waals surface area contributed by atoms with Crippen LogP contribution in [-0.2, 0) is 11.3 Å². The van der Waals surface area contributed by atoms with E-state index in [1.165, 1.54) is 22.7 Å². The van der Waals surface area contributed by atoms with Crippen LogP contribution in [0.2, 0.25) is 0 Å². The summed E-state index contributed by atoms with van der Waals surface area (Å²) in [6, 6.07) is 11.3. The summed E-state index contributed by atoms with van der Waals surface area (Å²) in [6.45, 7) is 2.26. The molecule has 4 rings (SSSR count). The first kappa shape index (κ1) is 14.5. The molecule has 1 aromatic heterocycles. The highest BCUT2D eigenvalue weighted by molar-refractivity contribution is 5.77. The van der Waals surface area contributed by atoms with Crippen LogP contribution in [0, 0.1) is 5.82 Å². The lowest BCUT2D eigenvalue weighted by atomic mass is 10.00. The van der Waals surface area contributed by atoms with Crippen LogP contribution in [-0.4, -0.2) is 29.6 Å². The van der Waals surface area contributed by atoms with Crippen molar-refractivity contribution in [3.05, 3.63) is 59.7 Å². The zero-order valence-corrected chi connectivity index (χ0v) is 13.0. The Kier molecular flexibility index (Phi) is 3.65. The minimum Gasteiger partial charge on any atom is -0.348 e. The molecule has 1 fully saturated rings. The Bertz CT molecular complexity index is 705. The van der Waals surface area contributed by atoms with Crippen molar-refractivity contribution in [1.29, 1.82) is 0 Å². The Morgan fingerprint density at radius 3 is 2.78 bits per heavy atom. The fourth-order valence-corrected chi connectivity index (χ4v) is 3.48. The molecule has 0 bridgehead atoms. The van der Waals surface area contributed by atoms with E-state index in [4.69, 9.17) is 0 Å². The second-order valence-electron chi connectivity index (χ2n) is 6.54. The molecule has 1 saturated carbocycles. The third kappa shape index (κ3) is 3.01. The monoisotopic (exact) mass is 314 g/mol. The number of benzene rings is 1. The molecule has 1 amide bonds. The fourth-order valence-electron chi connectivity index (χ4n) is 3.48. The molecule has 1 aliphatic carbocycles. The lowest BCUT2D eigenvalue weighted by molar-refractivity contribution is -0.922. The number of carbonyl (C=O) groups excluding carboxylic acids is 1. The van der Waals surface area contributed by atoms with Crippen LogP contribution < -0.4 is 10.2 Å². The normalized spacial score (nSPS) is 23.3. The SMILES string of the molecule is O=C(C[NH+]1CCn2cccc2[C@H]1c1ccc(F)cc1)NC1CC1. The average molecular weight is 314 g/mol. The Hall–Kier alpha value is -2.14. The Morgan fingerprint density at radius 1 is 1.26 bits per heavy atom. The van der Waals surface area contributed by atoms with E-state index in [1.807, 2.05) is 18.2 Å². The highest BCUT2D eigenvalue weighted by Gasteiger charge is 2.34. The van der Waals surface area contributed by atoms with Gasteiger partial charge in [-0.25, -0.2) is 4.39 Å². The number of fused-ring (bicyclic) bond motifs is 1. The average Bonchev–Trinajstić information content (AvgIpc) is 3.22. The summed E-state index contributed by atoms with van der Waals surface area (Å²) < 4.78 is 15.5. The van der Waals surface area contributed by atoms with Crippen LogP contribution in [0.3, 0.4) is 0 Å². The summed E-state index contributed by atoms with van der Waals surface area (Å²) in [5.74, 6) is -0.109. The number of amides is 1. The molecular weight excluding hydrogens is 293 g/mol. The second kappa shape index (κ2) is 5.81. The van der Waals surface area contributed by atoms with Gasteiger partial charge in [0.2, 0.25) is 0 Å². The summed E-state index contributed by atoms with van der Waals surface area (Å²) in [5, 5.41) is 3.07. The van der Waals surface area contributed by atoms with Crippen molar-refractivity contribution < 1.29 is 14.1 Å². The number of hydrogen-bond acceptors (Lipinski definition) is 1. The predicted molar refractivity (Wildman–Crippen MR) is 84.5 cm³/mol. The van der Waals surface area contributed by atoms with Gasteiger partial charge in [-0.2, -0.15) is 0 Å². The maximum Gasteiger partial charge on any atom is 0.275 e. The molecule has 0 saturated heterocycles. The Labute approximate surface area is 134 Å². The molecule has 1 unspecified atom stereocenters. The van der Waals surface area contributed by atoms with Gasteiger partial charge in [0.25, 0.3) is 5.91 Å². The van der Waals surface area contributed by atoms with E-state index < -0.39 is 0 Å². The van der Waals surface area contributed by atoms with Gasteiger partial charge < -0.3 is 14.8 Å². The first-order chi connectivity index (χ1) is 11.2. The van der Waals surface area contributed by atoms with Gasteiger partial charge in [0.05, 0.1) is 18.8 Å². The van der Waals surface area contributed by atoms with Crippen LogP contribution in [0.1, 0.15) is 30.1 Å². The lowest BCUT2D eigenvalue weighted by Gasteiger charge is -2.33. The molecule has 120 valence electrons. The number of halogens is 1. The van der Waals surface area contributed by atoms with Crippen molar-refractivity contribution >= 4 is 5.91 Å². The minimum atomic E-state index is -0.229. The van der Waals surface area contributed by atoms with Gasteiger partial charge in [-0.3, -0.25) is 4.79 Å². The lowest BCUT2D eigenvalue weighted by Crippen LogP contribution is -3.14. The Morgan fingerprint density at radius 2 is 2.04 bits per heavy atom. The van der Waals surface area contributed by atoms with Crippen LogP contribution in [0.25, 0.3) is 0 Å². The van der Waals surface area contributed by atoms with E-state index in [0.29, 0.717) is 12.6 Å². The maximum atomic E-state index is 13.3. The first-order valence-corrected chi connectivity index (χ1v) is 8.25. The van der Waals surface area contributed by atoms with E-state index in [0.717, 1.165) is 31.5 Å². The highest BCUT2D eigenvalue weighted by atomic mass is 19.1. The van der Waals surface area contributed by atoms with E-state index in [9.17, 15) is 9.18 Å². The minimum absolute atomic E-state index is 0.0734. The third-order valence-electron chi connectivity index (χ3n) is 4.78.